The van der Waals surface area contributed by atoms with Crippen molar-refractivity contribution in [2.45, 2.75) is 44.3 Å². The van der Waals surface area contributed by atoms with Gasteiger partial charge in [-0.2, -0.15) is 0 Å². The molecule has 7 nitrogen and oxygen atoms in total. The number of Topliss-reactive ketones (excluding diaryl/α,β-unsaturated/α-hetero) is 1. The van der Waals surface area contributed by atoms with Crippen molar-refractivity contribution in [1.82, 2.24) is 0 Å². The van der Waals surface area contributed by atoms with E-state index in [1.807, 2.05) is 0 Å². The van der Waals surface area contributed by atoms with Gasteiger partial charge >= 0.3 is 35.5 Å². The summed E-state index contributed by atoms with van der Waals surface area (Å²) >= 11 is 0. The number of ether oxygens (including phenoxy) is 1. The zero-order valence-electron chi connectivity index (χ0n) is 18.0. The number of carboxylic acid groups (broad SMARTS) is 1. The zero-order valence-corrected chi connectivity index (χ0v) is 20.8. The summed E-state index contributed by atoms with van der Waals surface area (Å²) in [6, 6.07) is 11.6. The van der Waals surface area contributed by atoms with Gasteiger partial charge in [0, 0.05) is 18.0 Å². The number of esters is 1. The van der Waals surface area contributed by atoms with Gasteiger partial charge in [-0.05, 0) is 57.0 Å². The number of carbonyl (C=O) groups is 3. The number of carbonyl (C=O) groups excluding carboxylic acids is 3. The number of sulfone groups is 1. The second-order valence-electron chi connectivity index (χ2n) is 7.82. The largest absolute Gasteiger partial charge is 1.00 e. The molecule has 0 amide bonds. The van der Waals surface area contributed by atoms with Gasteiger partial charge in [0.1, 0.15) is 5.75 Å². The van der Waals surface area contributed by atoms with Crippen molar-refractivity contribution in [3.63, 3.8) is 0 Å². The number of hydrogen-bond acceptors (Lipinski definition) is 7. The van der Waals surface area contributed by atoms with Crippen molar-refractivity contribution in [2.75, 3.05) is 0 Å². The van der Waals surface area contributed by atoms with Crippen LogP contribution in [-0.4, -0.2) is 26.1 Å². The molecule has 31 heavy (non-hydrogen) atoms. The molecule has 0 aliphatic rings. The molecule has 0 unspecified atom stereocenters. The Hall–Kier alpha value is -2.00. The van der Waals surface area contributed by atoms with E-state index >= 15 is 0 Å². The van der Waals surface area contributed by atoms with E-state index in [9.17, 15) is 27.9 Å². The molecule has 9 heteroatoms. The summed E-state index contributed by atoms with van der Waals surface area (Å²) < 4.78 is 30.9. The molecular weight excluding hydrogens is 431 g/mol. The molecule has 0 heterocycles. The summed E-state index contributed by atoms with van der Waals surface area (Å²) in [5.41, 5.74) is -0.250. The third kappa shape index (κ3) is 7.88. The first-order chi connectivity index (χ1) is 13.9. The Kier molecular flexibility index (Phi) is 9.63. The van der Waals surface area contributed by atoms with Crippen molar-refractivity contribution >= 4 is 27.6 Å². The first-order valence-electron chi connectivity index (χ1n) is 9.26. The molecule has 0 aliphatic carbocycles. The maximum atomic E-state index is 12.8. The summed E-state index contributed by atoms with van der Waals surface area (Å²) in [4.78, 5) is 34.8. The molecule has 160 valence electrons. The number of aliphatic carboxylic acids is 1. The minimum absolute atomic E-state index is 0. The Morgan fingerprint density at radius 3 is 2.06 bits per heavy atom. The number of hydrogen-bond donors (Lipinski definition) is 0. The van der Waals surface area contributed by atoms with Gasteiger partial charge in [-0.3, -0.25) is 9.59 Å². The van der Waals surface area contributed by atoms with Gasteiger partial charge in [-0.15, -0.1) is 0 Å². The van der Waals surface area contributed by atoms with Crippen LogP contribution in [0.4, 0.5) is 0 Å². The fraction of sp³-hybridized carbons (Fsp3) is 0.318. The van der Waals surface area contributed by atoms with Gasteiger partial charge in [0.25, 0.3) is 0 Å². The fourth-order valence-electron chi connectivity index (χ4n) is 2.53. The van der Waals surface area contributed by atoms with Crippen molar-refractivity contribution < 1.29 is 62.2 Å². The Bertz CT molecular complexity index is 1050. The average Bonchev–Trinajstić information content (AvgIpc) is 2.66. The molecule has 2 aromatic carbocycles. The van der Waals surface area contributed by atoms with Crippen LogP contribution < -0.4 is 39.4 Å². The molecule has 0 atom stereocenters. The standard InChI is InChI=1S/C22H24O7S.Na/c1-22(2,3)21(26)29-16-8-10-17(11-9-16)30(27,28)14-15-6-4-5-7-18(15)19(23)12-13-20(24)25;/h4-11H,12-14H2,1-3H3,(H,24,25);/q;+1/p-1. The van der Waals surface area contributed by atoms with E-state index in [-0.39, 0.29) is 57.8 Å². The summed E-state index contributed by atoms with van der Waals surface area (Å²) in [6.07, 6.45) is -0.706. The van der Waals surface area contributed by atoms with E-state index in [0.29, 0.717) is 0 Å². The van der Waals surface area contributed by atoms with Gasteiger partial charge in [-0.1, -0.05) is 24.3 Å². The Morgan fingerprint density at radius 2 is 1.52 bits per heavy atom. The monoisotopic (exact) mass is 454 g/mol. The quantitative estimate of drug-likeness (QED) is 0.225. The van der Waals surface area contributed by atoms with E-state index in [2.05, 4.69) is 0 Å². The van der Waals surface area contributed by atoms with E-state index < -0.39 is 45.1 Å². The molecule has 2 aromatic rings. The second kappa shape index (κ2) is 11.0. The predicted molar refractivity (Wildman–Crippen MR) is 107 cm³/mol. The van der Waals surface area contributed by atoms with Crippen LogP contribution in [0.2, 0.25) is 0 Å². The molecule has 0 aromatic heterocycles. The van der Waals surface area contributed by atoms with Gasteiger partial charge in [-0.25, -0.2) is 8.42 Å². The fourth-order valence-corrected chi connectivity index (χ4v) is 3.91. The third-order valence-electron chi connectivity index (χ3n) is 4.23. The van der Waals surface area contributed by atoms with Crippen LogP contribution in [0, 0.1) is 5.41 Å². The molecule has 0 radical (unpaired) electrons. The van der Waals surface area contributed by atoms with Crippen LogP contribution in [-0.2, 0) is 25.2 Å². The first-order valence-corrected chi connectivity index (χ1v) is 10.9. The number of carboxylic acids is 1. The molecule has 0 saturated heterocycles. The SMILES string of the molecule is CC(C)(C)C(=O)Oc1ccc(S(=O)(=O)Cc2ccccc2C(=O)CCC(=O)[O-])cc1.[Na+]. The molecule has 2 rings (SSSR count). The maximum absolute atomic E-state index is 12.8. The Morgan fingerprint density at radius 1 is 0.935 bits per heavy atom. The summed E-state index contributed by atoms with van der Waals surface area (Å²) in [6.45, 7) is 5.12. The van der Waals surface area contributed by atoms with Crippen LogP contribution >= 0.6 is 0 Å². The number of benzene rings is 2. The van der Waals surface area contributed by atoms with Crippen LogP contribution in [0.15, 0.2) is 53.4 Å². The predicted octanol–water partition coefficient (Wildman–Crippen LogP) is -0.671. The molecule has 0 spiro atoms. The van der Waals surface area contributed by atoms with E-state index in [1.54, 1.807) is 32.9 Å². The summed E-state index contributed by atoms with van der Waals surface area (Å²) in [5.74, 6) is -2.45. The van der Waals surface area contributed by atoms with E-state index in [0.717, 1.165) is 0 Å². The maximum Gasteiger partial charge on any atom is 1.00 e. The van der Waals surface area contributed by atoms with Gasteiger partial charge in [0.15, 0.2) is 15.6 Å². The van der Waals surface area contributed by atoms with Gasteiger partial charge in [0.2, 0.25) is 0 Å². The molecule has 0 fully saturated rings. The van der Waals surface area contributed by atoms with Crippen LogP contribution in [0.5, 0.6) is 5.75 Å². The normalized spacial score (nSPS) is 11.3. The van der Waals surface area contributed by atoms with Crippen molar-refractivity contribution in [2.24, 2.45) is 5.41 Å². The minimum Gasteiger partial charge on any atom is -0.550 e. The molecule has 0 bridgehead atoms. The van der Waals surface area contributed by atoms with E-state index in [4.69, 9.17) is 4.74 Å². The number of ketones is 1. The van der Waals surface area contributed by atoms with Crippen molar-refractivity contribution in [1.29, 1.82) is 0 Å². The smallest absolute Gasteiger partial charge is 0.550 e. The Balaban J connectivity index is 0.00000480. The Labute approximate surface area is 204 Å². The number of rotatable bonds is 8. The average molecular weight is 454 g/mol. The van der Waals surface area contributed by atoms with Crippen LogP contribution in [0.3, 0.4) is 0 Å². The van der Waals surface area contributed by atoms with Crippen LogP contribution in [0.25, 0.3) is 0 Å². The van der Waals surface area contributed by atoms with Crippen molar-refractivity contribution in [3.05, 3.63) is 59.7 Å². The molecule has 0 N–H and O–H groups in total. The van der Waals surface area contributed by atoms with Gasteiger partial charge in [0.05, 0.1) is 16.1 Å². The molecule has 0 saturated carbocycles. The topological polar surface area (TPSA) is 118 Å². The summed E-state index contributed by atoms with van der Waals surface area (Å²) in [5, 5.41) is 10.6. The third-order valence-corrected chi connectivity index (χ3v) is 5.91. The zero-order chi connectivity index (χ0) is 22.5. The second-order valence-corrected chi connectivity index (χ2v) is 9.81. The minimum atomic E-state index is -3.80. The molecular formula is C22H23NaO7S. The van der Waals surface area contributed by atoms with Crippen molar-refractivity contribution in [3.8, 4) is 5.75 Å². The van der Waals surface area contributed by atoms with Gasteiger partial charge < -0.3 is 14.6 Å². The first kappa shape index (κ1) is 27.0. The van der Waals surface area contributed by atoms with E-state index in [1.165, 1.54) is 36.4 Å². The molecule has 0 aliphatic heterocycles. The van der Waals surface area contributed by atoms with Crippen LogP contribution in [0.1, 0.15) is 49.5 Å². The summed E-state index contributed by atoms with van der Waals surface area (Å²) in [7, 11) is -3.80.